The molecule has 1 unspecified atom stereocenters. The third-order valence-electron chi connectivity index (χ3n) is 4.73. The number of hydrogen-bond acceptors (Lipinski definition) is 3. The van der Waals surface area contributed by atoms with E-state index in [1.165, 1.54) is 0 Å². The largest absolute Gasteiger partial charge is 0.489 e. The summed E-state index contributed by atoms with van der Waals surface area (Å²) in [5.41, 5.74) is 3.72. The molecule has 5 heteroatoms. The van der Waals surface area contributed by atoms with E-state index in [2.05, 4.69) is 5.32 Å². The molecule has 2 aromatic carbocycles. The normalized spacial score (nSPS) is 16.9. The van der Waals surface area contributed by atoms with Gasteiger partial charge in [0.25, 0.3) is 0 Å². The standard InChI is InChI=1S/C22H24N2O2S/c1-4-24-15(2)20(16(3)25)21(23-22(24)27)18-11-8-12-19(13-18)26-14-17-9-6-5-7-10-17/h5-13,21H,4,14H2,1-3H3,(H,23,27). The van der Waals surface area contributed by atoms with E-state index in [0.717, 1.165) is 34.7 Å². The molecule has 0 aliphatic carbocycles. The van der Waals surface area contributed by atoms with Crippen molar-refractivity contribution in [3.8, 4) is 5.75 Å². The van der Waals surface area contributed by atoms with E-state index in [0.29, 0.717) is 11.7 Å². The van der Waals surface area contributed by atoms with Crippen molar-refractivity contribution in [1.82, 2.24) is 10.2 Å². The van der Waals surface area contributed by atoms with Gasteiger partial charge in [-0.2, -0.15) is 0 Å². The van der Waals surface area contributed by atoms with Gasteiger partial charge in [-0.25, -0.2) is 0 Å². The van der Waals surface area contributed by atoms with E-state index in [-0.39, 0.29) is 11.8 Å². The molecule has 1 atom stereocenters. The predicted molar refractivity (Wildman–Crippen MR) is 111 cm³/mol. The summed E-state index contributed by atoms with van der Waals surface area (Å²) in [6.45, 7) is 6.80. The number of hydrogen-bond donors (Lipinski definition) is 1. The van der Waals surface area contributed by atoms with Crippen LogP contribution in [0.3, 0.4) is 0 Å². The zero-order valence-corrected chi connectivity index (χ0v) is 16.7. The van der Waals surface area contributed by atoms with E-state index in [9.17, 15) is 4.79 Å². The van der Waals surface area contributed by atoms with Crippen LogP contribution in [0, 0.1) is 0 Å². The topological polar surface area (TPSA) is 41.6 Å². The van der Waals surface area contributed by atoms with Gasteiger partial charge in [0.2, 0.25) is 0 Å². The molecule has 0 aromatic heterocycles. The summed E-state index contributed by atoms with van der Waals surface area (Å²) in [5, 5.41) is 3.96. The van der Waals surface area contributed by atoms with Gasteiger partial charge in [0, 0.05) is 17.8 Å². The van der Waals surface area contributed by atoms with Gasteiger partial charge in [0.05, 0.1) is 6.04 Å². The highest BCUT2D eigenvalue weighted by molar-refractivity contribution is 7.80. The first-order valence-corrected chi connectivity index (χ1v) is 9.48. The molecule has 3 rings (SSSR count). The van der Waals surface area contributed by atoms with E-state index in [1.807, 2.05) is 73.3 Å². The molecule has 0 bridgehead atoms. The molecule has 1 aliphatic rings. The monoisotopic (exact) mass is 380 g/mol. The molecule has 0 spiro atoms. The van der Waals surface area contributed by atoms with Crippen molar-refractivity contribution in [1.29, 1.82) is 0 Å². The molecule has 0 saturated carbocycles. The first-order chi connectivity index (χ1) is 13.0. The Hall–Kier alpha value is -2.66. The molecule has 0 fully saturated rings. The fourth-order valence-corrected chi connectivity index (χ4v) is 3.78. The fraction of sp³-hybridized carbons (Fsp3) is 0.273. The van der Waals surface area contributed by atoms with E-state index >= 15 is 0 Å². The Labute approximate surface area is 165 Å². The van der Waals surface area contributed by atoms with Gasteiger partial charge >= 0.3 is 0 Å². The highest BCUT2D eigenvalue weighted by Gasteiger charge is 2.31. The van der Waals surface area contributed by atoms with Crippen LogP contribution >= 0.6 is 12.2 Å². The summed E-state index contributed by atoms with van der Waals surface area (Å²) >= 11 is 5.51. The van der Waals surface area contributed by atoms with E-state index < -0.39 is 0 Å². The lowest BCUT2D eigenvalue weighted by Crippen LogP contribution is -2.47. The van der Waals surface area contributed by atoms with Gasteiger partial charge in [0.1, 0.15) is 12.4 Å². The van der Waals surface area contributed by atoms with Crippen LogP contribution < -0.4 is 10.1 Å². The number of thiocarbonyl (C=S) groups is 1. The lowest BCUT2D eigenvalue weighted by Gasteiger charge is -2.37. The highest BCUT2D eigenvalue weighted by atomic mass is 32.1. The predicted octanol–water partition coefficient (Wildman–Crippen LogP) is 4.38. The van der Waals surface area contributed by atoms with Crippen molar-refractivity contribution >= 4 is 23.1 Å². The van der Waals surface area contributed by atoms with Gasteiger partial charge < -0.3 is 15.0 Å². The Morgan fingerprint density at radius 2 is 1.93 bits per heavy atom. The zero-order chi connectivity index (χ0) is 19.4. The second-order valence-corrected chi connectivity index (χ2v) is 6.92. The number of Topliss-reactive ketones (excluding diaryl/α,β-unsaturated/α-hetero) is 1. The molecular formula is C22H24N2O2S. The molecular weight excluding hydrogens is 356 g/mol. The van der Waals surface area contributed by atoms with Crippen LogP contribution in [0.15, 0.2) is 65.9 Å². The molecule has 27 heavy (non-hydrogen) atoms. The summed E-state index contributed by atoms with van der Waals surface area (Å²) in [4.78, 5) is 14.3. The molecule has 4 nitrogen and oxygen atoms in total. The number of benzene rings is 2. The quantitative estimate of drug-likeness (QED) is 0.753. The summed E-state index contributed by atoms with van der Waals surface area (Å²) in [6, 6.07) is 17.6. The first-order valence-electron chi connectivity index (χ1n) is 9.07. The second-order valence-electron chi connectivity index (χ2n) is 6.53. The Morgan fingerprint density at radius 1 is 1.19 bits per heavy atom. The second kappa shape index (κ2) is 8.35. The van der Waals surface area contributed by atoms with Gasteiger partial charge in [-0.3, -0.25) is 4.79 Å². The number of nitrogens with one attached hydrogen (secondary N) is 1. The minimum absolute atomic E-state index is 0.0431. The Bertz CT molecular complexity index is 877. The van der Waals surface area contributed by atoms with Crippen LogP contribution in [-0.4, -0.2) is 22.3 Å². The van der Waals surface area contributed by atoms with E-state index in [1.54, 1.807) is 6.92 Å². The molecule has 2 aromatic rings. The summed E-state index contributed by atoms with van der Waals surface area (Å²) in [7, 11) is 0. The van der Waals surface area contributed by atoms with Crippen LogP contribution in [0.2, 0.25) is 0 Å². The lowest BCUT2D eigenvalue weighted by atomic mass is 9.92. The summed E-state index contributed by atoms with van der Waals surface area (Å²) < 4.78 is 5.94. The average Bonchev–Trinajstić information content (AvgIpc) is 2.67. The minimum Gasteiger partial charge on any atom is -0.489 e. The zero-order valence-electron chi connectivity index (χ0n) is 15.9. The molecule has 1 N–H and O–H groups in total. The molecule has 0 radical (unpaired) electrons. The number of nitrogens with zero attached hydrogens (tertiary/aromatic N) is 1. The van der Waals surface area contributed by atoms with Crippen LogP contribution in [0.4, 0.5) is 0 Å². The minimum atomic E-state index is -0.266. The Balaban J connectivity index is 1.88. The van der Waals surface area contributed by atoms with Gasteiger partial charge in [0.15, 0.2) is 10.9 Å². The smallest absolute Gasteiger partial charge is 0.173 e. The number of ether oxygens (including phenoxy) is 1. The number of ketones is 1. The van der Waals surface area contributed by atoms with Crippen molar-refractivity contribution in [3.05, 3.63) is 77.0 Å². The summed E-state index contributed by atoms with van der Waals surface area (Å²) in [5.74, 6) is 0.809. The van der Waals surface area contributed by atoms with Gasteiger partial charge in [-0.15, -0.1) is 0 Å². The van der Waals surface area contributed by atoms with Crippen molar-refractivity contribution in [3.63, 3.8) is 0 Å². The van der Waals surface area contributed by atoms with Crippen LogP contribution in [-0.2, 0) is 11.4 Å². The molecule has 0 amide bonds. The fourth-order valence-electron chi connectivity index (χ4n) is 3.39. The highest BCUT2D eigenvalue weighted by Crippen LogP contribution is 2.32. The van der Waals surface area contributed by atoms with Crippen molar-refractivity contribution < 1.29 is 9.53 Å². The Kier molecular flexibility index (Phi) is 5.91. The summed E-state index contributed by atoms with van der Waals surface area (Å²) in [6.07, 6.45) is 0. The molecule has 0 saturated heterocycles. The van der Waals surface area contributed by atoms with Crippen molar-refractivity contribution in [2.45, 2.75) is 33.4 Å². The molecule has 1 aliphatic heterocycles. The van der Waals surface area contributed by atoms with E-state index in [4.69, 9.17) is 17.0 Å². The molecule has 140 valence electrons. The number of carbonyl (C=O) groups excluding carboxylic acids is 1. The number of allylic oxidation sites excluding steroid dienone is 1. The van der Waals surface area contributed by atoms with Gasteiger partial charge in [-0.1, -0.05) is 42.5 Å². The average molecular weight is 381 g/mol. The van der Waals surface area contributed by atoms with Crippen molar-refractivity contribution in [2.75, 3.05) is 6.54 Å². The maximum Gasteiger partial charge on any atom is 0.173 e. The number of rotatable bonds is 6. The molecule has 1 heterocycles. The third kappa shape index (κ3) is 4.19. The SMILES string of the molecule is CCN1C(=S)NC(c2cccc(OCc3ccccc3)c2)C(C(C)=O)=C1C. The van der Waals surface area contributed by atoms with Gasteiger partial charge in [-0.05, 0) is 56.2 Å². The third-order valence-corrected chi connectivity index (χ3v) is 5.07. The van der Waals surface area contributed by atoms with Crippen molar-refractivity contribution in [2.24, 2.45) is 0 Å². The van der Waals surface area contributed by atoms with Crippen LogP contribution in [0.25, 0.3) is 0 Å². The lowest BCUT2D eigenvalue weighted by molar-refractivity contribution is -0.114. The maximum absolute atomic E-state index is 12.4. The van der Waals surface area contributed by atoms with Crippen LogP contribution in [0.5, 0.6) is 5.75 Å². The maximum atomic E-state index is 12.4. The van der Waals surface area contributed by atoms with Crippen LogP contribution in [0.1, 0.15) is 37.9 Å². The Morgan fingerprint density at radius 3 is 2.59 bits per heavy atom. The number of carbonyl (C=O) groups is 1. The first kappa shape index (κ1) is 19.1.